The Bertz CT molecular complexity index is 699. The Morgan fingerprint density at radius 1 is 0.765 bits per heavy atom. The van der Waals surface area contributed by atoms with E-state index in [1.54, 1.807) is 13.8 Å². The van der Waals surface area contributed by atoms with Crippen LogP contribution >= 0.6 is 0 Å². The van der Waals surface area contributed by atoms with Crippen molar-refractivity contribution in [1.82, 2.24) is 16.0 Å². The fourth-order valence-corrected chi connectivity index (χ4v) is 3.11. The van der Waals surface area contributed by atoms with Crippen LogP contribution in [0.1, 0.15) is 66.2 Å². The minimum atomic E-state index is -1.42. The largest absolute Gasteiger partial charge is 0.481 e. The lowest BCUT2D eigenvalue weighted by atomic mass is 10.0. The van der Waals surface area contributed by atoms with Crippen LogP contribution in [0.5, 0.6) is 0 Å². The molecule has 0 aromatic heterocycles. The zero-order chi connectivity index (χ0) is 26.4. The summed E-state index contributed by atoms with van der Waals surface area (Å²) in [5.74, 6) is -4.58. The van der Waals surface area contributed by atoms with E-state index in [0.29, 0.717) is 19.4 Å². The second-order valence-electron chi connectivity index (χ2n) is 9.14. The Kier molecular flexibility index (Phi) is 14.7. The molecule has 3 amide bonds. The molecule has 0 spiro atoms. The topological polar surface area (TPSA) is 214 Å². The standard InChI is InChI=1S/C22H41N5O7/c1-12(2)11-16(20(31)26-15(22(33)34)8-9-17(28)29)27-19(30)14(7-5-6-10-23)25-21(32)18(24)13(3)4/h12-16,18H,5-11,23-24H2,1-4H3,(H,25,32)(H,26,31)(H,27,30)(H,28,29)(H,33,34). The number of carboxylic acid groups (broad SMARTS) is 2. The van der Waals surface area contributed by atoms with Crippen molar-refractivity contribution < 1.29 is 34.2 Å². The van der Waals surface area contributed by atoms with Gasteiger partial charge in [-0.15, -0.1) is 0 Å². The van der Waals surface area contributed by atoms with Crippen LogP contribution in [0.3, 0.4) is 0 Å². The first-order chi connectivity index (χ1) is 15.8. The molecule has 0 saturated carbocycles. The second-order valence-corrected chi connectivity index (χ2v) is 9.14. The zero-order valence-corrected chi connectivity index (χ0v) is 20.5. The number of carbonyl (C=O) groups is 5. The van der Waals surface area contributed by atoms with Gasteiger partial charge >= 0.3 is 11.9 Å². The number of unbranched alkanes of at least 4 members (excludes halogenated alkanes) is 1. The summed E-state index contributed by atoms with van der Waals surface area (Å²) in [5.41, 5.74) is 11.4. The summed E-state index contributed by atoms with van der Waals surface area (Å²) in [6, 6.07) is -4.26. The summed E-state index contributed by atoms with van der Waals surface area (Å²) in [7, 11) is 0. The maximum atomic E-state index is 13.0. The number of hydrogen-bond donors (Lipinski definition) is 7. The van der Waals surface area contributed by atoms with Gasteiger partial charge in [0.2, 0.25) is 17.7 Å². The van der Waals surface area contributed by atoms with Gasteiger partial charge in [0.25, 0.3) is 0 Å². The lowest BCUT2D eigenvalue weighted by molar-refractivity contribution is -0.143. The van der Waals surface area contributed by atoms with E-state index in [0.717, 1.165) is 0 Å². The monoisotopic (exact) mass is 487 g/mol. The molecular formula is C22H41N5O7. The Morgan fingerprint density at radius 3 is 1.76 bits per heavy atom. The molecule has 0 aliphatic carbocycles. The van der Waals surface area contributed by atoms with E-state index in [9.17, 15) is 29.1 Å². The maximum Gasteiger partial charge on any atom is 0.326 e. The summed E-state index contributed by atoms with van der Waals surface area (Å²) in [6.45, 7) is 7.63. The highest BCUT2D eigenvalue weighted by Gasteiger charge is 2.31. The molecule has 4 unspecified atom stereocenters. The zero-order valence-electron chi connectivity index (χ0n) is 20.5. The summed E-state index contributed by atoms with van der Waals surface area (Å²) >= 11 is 0. The van der Waals surface area contributed by atoms with Crippen molar-refractivity contribution in [2.45, 2.75) is 90.4 Å². The molecule has 0 aromatic carbocycles. The maximum absolute atomic E-state index is 13.0. The molecule has 12 nitrogen and oxygen atoms in total. The van der Waals surface area contributed by atoms with Gasteiger partial charge in [-0.2, -0.15) is 0 Å². The first-order valence-electron chi connectivity index (χ1n) is 11.6. The van der Waals surface area contributed by atoms with Crippen LogP contribution in [-0.2, 0) is 24.0 Å². The third-order valence-electron chi connectivity index (χ3n) is 5.20. The van der Waals surface area contributed by atoms with E-state index < -0.39 is 60.2 Å². The number of carboxylic acids is 2. The third-order valence-corrected chi connectivity index (χ3v) is 5.20. The van der Waals surface area contributed by atoms with Crippen molar-refractivity contribution in [3.05, 3.63) is 0 Å². The van der Waals surface area contributed by atoms with Gasteiger partial charge in [-0.25, -0.2) is 4.79 Å². The predicted molar refractivity (Wildman–Crippen MR) is 125 cm³/mol. The molecule has 0 aliphatic heterocycles. The fraction of sp³-hybridized carbons (Fsp3) is 0.773. The van der Waals surface area contributed by atoms with Crippen LogP contribution in [0.15, 0.2) is 0 Å². The molecule has 196 valence electrons. The molecule has 0 aromatic rings. The highest BCUT2D eigenvalue weighted by molar-refractivity contribution is 5.94. The Morgan fingerprint density at radius 2 is 1.29 bits per heavy atom. The smallest absolute Gasteiger partial charge is 0.326 e. The van der Waals surface area contributed by atoms with Crippen molar-refractivity contribution in [2.75, 3.05) is 6.54 Å². The number of hydrogen-bond acceptors (Lipinski definition) is 7. The van der Waals surface area contributed by atoms with Crippen LogP contribution < -0.4 is 27.4 Å². The molecule has 12 heteroatoms. The first kappa shape index (κ1) is 31.3. The number of nitrogens with one attached hydrogen (secondary N) is 3. The number of rotatable bonds is 17. The van der Waals surface area contributed by atoms with Crippen LogP contribution in [-0.4, -0.2) is 70.6 Å². The summed E-state index contributed by atoms with van der Waals surface area (Å²) in [6.07, 6.45) is 0.940. The third kappa shape index (κ3) is 12.5. The molecule has 9 N–H and O–H groups in total. The lowest BCUT2D eigenvalue weighted by Crippen LogP contribution is -2.57. The molecule has 0 aliphatic rings. The van der Waals surface area contributed by atoms with Gasteiger partial charge in [-0.05, 0) is 50.5 Å². The molecule has 0 rings (SSSR count). The average Bonchev–Trinajstić information content (AvgIpc) is 2.73. The van der Waals surface area contributed by atoms with Crippen molar-refractivity contribution in [3.8, 4) is 0 Å². The van der Waals surface area contributed by atoms with E-state index in [1.165, 1.54) is 0 Å². The first-order valence-corrected chi connectivity index (χ1v) is 11.6. The van der Waals surface area contributed by atoms with Gasteiger partial charge in [0, 0.05) is 6.42 Å². The normalized spacial score (nSPS) is 14.7. The van der Waals surface area contributed by atoms with Crippen molar-refractivity contribution in [1.29, 1.82) is 0 Å². The van der Waals surface area contributed by atoms with Crippen molar-refractivity contribution in [2.24, 2.45) is 23.3 Å². The average molecular weight is 488 g/mol. The molecular weight excluding hydrogens is 446 g/mol. The van der Waals surface area contributed by atoms with E-state index in [2.05, 4.69) is 16.0 Å². The molecule has 0 heterocycles. The molecule has 0 fully saturated rings. The molecule has 4 atom stereocenters. The molecule has 34 heavy (non-hydrogen) atoms. The van der Waals surface area contributed by atoms with E-state index >= 15 is 0 Å². The molecule has 0 radical (unpaired) electrons. The molecule has 0 saturated heterocycles. The Labute approximate surface area is 200 Å². The van der Waals surface area contributed by atoms with Gasteiger partial charge in [0.1, 0.15) is 18.1 Å². The number of amides is 3. The van der Waals surface area contributed by atoms with Crippen LogP contribution in [0, 0.1) is 11.8 Å². The number of carbonyl (C=O) groups excluding carboxylic acids is 3. The summed E-state index contributed by atoms with van der Waals surface area (Å²) in [5, 5.41) is 25.7. The minimum absolute atomic E-state index is 0.0296. The fourth-order valence-electron chi connectivity index (χ4n) is 3.11. The van der Waals surface area contributed by atoms with Gasteiger partial charge in [-0.1, -0.05) is 27.7 Å². The van der Waals surface area contributed by atoms with Gasteiger partial charge in [0.05, 0.1) is 6.04 Å². The minimum Gasteiger partial charge on any atom is -0.481 e. The van der Waals surface area contributed by atoms with Gasteiger partial charge in [-0.3, -0.25) is 19.2 Å². The molecule has 0 bridgehead atoms. The summed E-state index contributed by atoms with van der Waals surface area (Å²) in [4.78, 5) is 60.5. The highest BCUT2D eigenvalue weighted by atomic mass is 16.4. The predicted octanol–water partition coefficient (Wildman–Crippen LogP) is -0.451. The number of aliphatic carboxylic acids is 2. The Hall–Kier alpha value is -2.73. The van der Waals surface area contributed by atoms with Crippen LogP contribution in [0.25, 0.3) is 0 Å². The number of nitrogens with two attached hydrogens (primary N) is 2. The van der Waals surface area contributed by atoms with E-state index in [4.69, 9.17) is 16.6 Å². The summed E-state index contributed by atoms with van der Waals surface area (Å²) < 4.78 is 0. The van der Waals surface area contributed by atoms with Gasteiger partial charge in [0.15, 0.2) is 0 Å². The lowest BCUT2D eigenvalue weighted by Gasteiger charge is -2.26. The SMILES string of the molecule is CC(C)CC(NC(=O)C(CCCCN)NC(=O)C(N)C(C)C)C(=O)NC(CCC(=O)O)C(=O)O. The quantitative estimate of drug-likeness (QED) is 0.132. The highest BCUT2D eigenvalue weighted by Crippen LogP contribution is 2.09. The van der Waals surface area contributed by atoms with Gasteiger partial charge < -0.3 is 37.6 Å². The van der Waals surface area contributed by atoms with Crippen LogP contribution in [0.2, 0.25) is 0 Å². The van der Waals surface area contributed by atoms with E-state index in [1.807, 2.05) is 13.8 Å². The van der Waals surface area contributed by atoms with E-state index in [-0.39, 0.29) is 31.1 Å². The van der Waals surface area contributed by atoms with Crippen LogP contribution in [0.4, 0.5) is 0 Å². The van der Waals surface area contributed by atoms with Crippen molar-refractivity contribution >= 4 is 29.7 Å². The Balaban J connectivity index is 5.51. The second kappa shape index (κ2) is 16.0. The van der Waals surface area contributed by atoms with Crippen molar-refractivity contribution in [3.63, 3.8) is 0 Å².